The van der Waals surface area contributed by atoms with E-state index in [-0.39, 0.29) is 23.6 Å². The van der Waals surface area contributed by atoms with Crippen molar-refractivity contribution in [1.29, 1.82) is 0 Å². The molecule has 2 saturated heterocycles. The molecule has 2 N–H and O–H groups in total. The van der Waals surface area contributed by atoms with Crippen molar-refractivity contribution in [3.05, 3.63) is 41.6 Å². The second-order valence-corrected chi connectivity index (χ2v) is 12.2. The molecule has 218 valence electrons. The highest BCUT2D eigenvalue weighted by molar-refractivity contribution is 6.62. The van der Waals surface area contributed by atoms with Crippen LogP contribution < -0.4 is 10.8 Å². The van der Waals surface area contributed by atoms with Crippen molar-refractivity contribution in [3.8, 4) is 0 Å². The van der Waals surface area contributed by atoms with Gasteiger partial charge >= 0.3 is 13.3 Å². The number of alkyl halides is 3. The number of fused-ring (bicyclic) bond motifs is 1. The third kappa shape index (κ3) is 5.80. The molecule has 0 radical (unpaired) electrons. The first-order valence-corrected chi connectivity index (χ1v) is 14.0. The van der Waals surface area contributed by atoms with E-state index >= 15 is 0 Å². The SMILES string of the molecule is CC1(C)OB(c2ccc3nc(Nc4cc(CN5CCN(C(=O)C6CC6)CC5)cc(C(F)(F)F)n4)[nH]c3c2)OC1(C)C. The van der Waals surface area contributed by atoms with E-state index in [0.717, 1.165) is 24.4 Å². The number of hydrogen-bond acceptors (Lipinski definition) is 7. The Morgan fingerprint density at radius 1 is 1.05 bits per heavy atom. The minimum Gasteiger partial charge on any atom is -0.399 e. The van der Waals surface area contributed by atoms with E-state index < -0.39 is 30.2 Å². The van der Waals surface area contributed by atoms with E-state index in [1.165, 1.54) is 0 Å². The fourth-order valence-corrected chi connectivity index (χ4v) is 5.19. The van der Waals surface area contributed by atoms with Gasteiger partial charge in [-0.25, -0.2) is 9.97 Å². The van der Waals surface area contributed by atoms with E-state index in [1.54, 1.807) is 6.07 Å². The number of rotatable bonds is 6. The maximum absolute atomic E-state index is 13.8. The lowest BCUT2D eigenvalue weighted by Crippen LogP contribution is -2.48. The zero-order valence-electron chi connectivity index (χ0n) is 23.6. The number of H-pyrrole nitrogens is 1. The van der Waals surface area contributed by atoms with Crippen molar-refractivity contribution >= 4 is 41.3 Å². The van der Waals surface area contributed by atoms with Crippen LogP contribution in [0.2, 0.25) is 0 Å². The minimum absolute atomic E-state index is 0.0441. The summed E-state index contributed by atoms with van der Waals surface area (Å²) in [6.45, 7) is 10.6. The summed E-state index contributed by atoms with van der Waals surface area (Å²) >= 11 is 0. The lowest BCUT2D eigenvalue weighted by atomic mass is 9.79. The van der Waals surface area contributed by atoms with Crippen molar-refractivity contribution in [2.75, 3.05) is 31.5 Å². The number of piperazine rings is 1. The molecule has 4 heterocycles. The van der Waals surface area contributed by atoms with Gasteiger partial charge in [-0.2, -0.15) is 13.2 Å². The molecule has 3 aromatic rings. The number of halogens is 3. The van der Waals surface area contributed by atoms with Crippen molar-refractivity contribution in [2.24, 2.45) is 5.92 Å². The summed E-state index contributed by atoms with van der Waals surface area (Å²) in [5.41, 5.74) is 0.674. The van der Waals surface area contributed by atoms with Gasteiger partial charge in [0.25, 0.3) is 0 Å². The fourth-order valence-electron chi connectivity index (χ4n) is 5.19. The molecule has 1 amide bonds. The summed E-state index contributed by atoms with van der Waals surface area (Å²) in [4.78, 5) is 27.7. The van der Waals surface area contributed by atoms with Crippen LogP contribution in [0, 0.1) is 5.92 Å². The van der Waals surface area contributed by atoms with E-state index in [4.69, 9.17) is 9.31 Å². The third-order valence-corrected chi connectivity index (χ3v) is 8.47. The molecule has 13 heteroatoms. The van der Waals surface area contributed by atoms with Crippen LogP contribution in [0.3, 0.4) is 0 Å². The maximum atomic E-state index is 13.8. The molecule has 0 bridgehead atoms. The molecule has 0 spiro atoms. The number of pyridine rings is 1. The highest BCUT2D eigenvalue weighted by Crippen LogP contribution is 2.37. The lowest BCUT2D eigenvalue weighted by Gasteiger charge is -2.35. The molecule has 3 fully saturated rings. The highest BCUT2D eigenvalue weighted by atomic mass is 19.4. The van der Waals surface area contributed by atoms with E-state index in [0.29, 0.717) is 49.3 Å². The zero-order valence-corrected chi connectivity index (χ0v) is 23.6. The van der Waals surface area contributed by atoms with Crippen molar-refractivity contribution in [1.82, 2.24) is 24.8 Å². The molecule has 6 rings (SSSR count). The first-order valence-electron chi connectivity index (χ1n) is 14.0. The predicted molar refractivity (Wildman–Crippen MR) is 149 cm³/mol. The van der Waals surface area contributed by atoms with Gasteiger partial charge in [-0.1, -0.05) is 6.07 Å². The molecule has 3 aliphatic rings. The number of aromatic nitrogens is 3. The van der Waals surface area contributed by atoms with E-state index in [9.17, 15) is 18.0 Å². The molecule has 0 atom stereocenters. The molecule has 9 nitrogen and oxygen atoms in total. The number of nitrogens with zero attached hydrogens (tertiary/aromatic N) is 4. The predicted octanol–water partition coefficient (Wildman–Crippen LogP) is 4.07. The molecular formula is C28H34BF3N6O3. The topological polar surface area (TPSA) is 95.6 Å². The van der Waals surface area contributed by atoms with Crippen LogP contribution in [0.15, 0.2) is 30.3 Å². The number of amides is 1. The Hall–Kier alpha value is -3.16. The Morgan fingerprint density at radius 3 is 2.37 bits per heavy atom. The average Bonchev–Trinajstić information content (AvgIpc) is 3.62. The number of benzene rings is 1. The monoisotopic (exact) mass is 570 g/mol. The van der Waals surface area contributed by atoms with Crippen LogP contribution in [0.5, 0.6) is 0 Å². The largest absolute Gasteiger partial charge is 0.494 e. The number of nitrogens with one attached hydrogen (secondary N) is 2. The quantitative estimate of drug-likeness (QED) is 0.432. The Balaban J connectivity index is 1.18. The van der Waals surface area contributed by atoms with Gasteiger partial charge in [-0.05, 0) is 75.8 Å². The van der Waals surface area contributed by atoms with Gasteiger partial charge in [0, 0.05) is 38.6 Å². The summed E-state index contributed by atoms with van der Waals surface area (Å²) in [6, 6.07) is 8.25. The minimum atomic E-state index is -4.60. The van der Waals surface area contributed by atoms with E-state index in [1.807, 2.05) is 50.8 Å². The van der Waals surface area contributed by atoms with Gasteiger partial charge < -0.3 is 24.5 Å². The number of carbonyl (C=O) groups excluding carboxylic acids is 1. The number of hydrogen-bond donors (Lipinski definition) is 2. The molecule has 2 aliphatic heterocycles. The number of imidazole rings is 1. The maximum Gasteiger partial charge on any atom is 0.494 e. The van der Waals surface area contributed by atoms with Gasteiger partial charge in [-0.3, -0.25) is 9.69 Å². The molecule has 41 heavy (non-hydrogen) atoms. The summed E-state index contributed by atoms with van der Waals surface area (Å²) in [7, 11) is -0.550. The van der Waals surface area contributed by atoms with Crippen LogP contribution in [-0.2, 0) is 26.8 Å². The van der Waals surface area contributed by atoms with Crippen LogP contribution in [0.25, 0.3) is 11.0 Å². The second-order valence-electron chi connectivity index (χ2n) is 12.2. The van der Waals surface area contributed by atoms with Crippen molar-refractivity contribution in [2.45, 2.75) is 64.5 Å². The van der Waals surface area contributed by atoms with Crippen LogP contribution in [0.1, 0.15) is 51.8 Å². The van der Waals surface area contributed by atoms with Crippen LogP contribution >= 0.6 is 0 Å². The highest BCUT2D eigenvalue weighted by Gasteiger charge is 2.51. The van der Waals surface area contributed by atoms with Crippen LogP contribution in [-0.4, -0.2) is 75.2 Å². The van der Waals surface area contributed by atoms with Crippen molar-refractivity contribution < 1.29 is 27.3 Å². The molecule has 1 aromatic carbocycles. The molecular weight excluding hydrogens is 536 g/mol. The zero-order chi connectivity index (χ0) is 29.2. The average molecular weight is 570 g/mol. The molecule has 1 saturated carbocycles. The molecule has 0 unspecified atom stereocenters. The Kier molecular flexibility index (Phi) is 6.82. The lowest BCUT2D eigenvalue weighted by molar-refractivity contribution is -0.141. The molecule has 2 aromatic heterocycles. The Bertz CT molecular complexity index is 1450. The van der Waals surface area contributed by atoms with E-state index in [2.05, 4.69) is 25.2 Å². The summed E-state index contributed by atoms with van der Waals surface area (Å²) < 4.78 is 53.6. The third-order valence-electron chi connectivity index (χ3n) is 8.47. The van der Waals surface area contributed by atoms with Gasteiger partial charge in [0.1, 0.15) is 11.5 Å². The number of carbonyl (C=O) groups is 1. The Labute approximate surface area is 236 Å². The van der Waals surface area contributed by atoms with Gasteiger partial charge in [0.15, 0.2) is 0 Å². The van der Waals surface area contributed by atoms with Crippen molar-refractivity contribution in [3.63, 3.8) is 0 Å². The smallest absolute Gasteiger partial charge is 0.399 e. The number of anilines is 2. The van der Waals surface area contributed by atoms with Gasteiger partial charge in [0.05, 0.1) is 22.2 Å². The summed E-state index contributed by atoms with van der Waals surface area (Å²) in [5, 5.41) is 2.93. The molecule has 1 aliphatic carbocycles. The van der Waals surface area contributed by atoms with Gasteiger partial charge in [0.2, 0.25) is 11.9 Å². The Morgan fingerprint density at radius 2 is 1.73 bits per heavy atom. The van der Waals surface area contributed by atoms with Crippen LogP contribution in [0.4, 0.5) is 24.9 Å². The standard InChI is InChI=1S/C28H34BF3N6O3/c1-26(2)27(3,4)41-29(40-26)19-7-8-20-21(15-19)34-25(33-20)36-23-14-17(13-22(35-23)28(30,31)32)16-37-9-11-38(12-10-37)24(39)18-5-6-18/h7-8,13-15,18H,5-6,9-12,16H2,1-4H3,(H2,33,34,35,36). The second kappa shape index (κ2) is 9.99. The number of aromatic amines is 1. The van der Waals surface area contributed by atoms with Gasteiger partial charge in [-0.15, -0.1) is 0 Å². The first-order chi connectivity index (χ1) is 19.3. The summed E-state index contributed by atoms with van der Waals surface area (Å²) in [5.74, 6) is 0.685. The first kappa shape index (κ1) is 28.0. The fraction of sp³-hybridized carbons (Fsp3) is 0.536. The summed E-state index contributed by atoms with van der Waals surface area (Å²) in [6.07, 6.45) is -2.69. The normalized spacial score (nSPS) is 21.0.